The van der Waals surface area contributed by atoms with Crippen molar-refractivity contribution >= 4 is 22.5 Å². The van der Waals surface area contributed by atoms with Crippen LogP contribution in [0, 0.1) is 6.92 Å². The van der Waals surface area contributed by atoms with Gasteiger partial charge in [0.2, 0.25) is 5.91 Å². The molecule has 0 bridgehead atoms. The van der Waals surface area contributed by atoms with E-state index in [9.17, 15) is 18.0 Å². The Morgan fingerprint density at radius 3 is 2.44 bits per heavy atom. The van der Waals surface area contributed by atoms with Gasteiger partial charge in [-0.15, -0.1) is 0 Å². The number of benzene rings is 1. The molecule has 25 heavy (non-hydrogen) atoms. The molecule has 0 aliphatic heterocycles. The van der Waals surface area contributed by atoms with Crippen LogP contribution in [0.15, 0.2) is 49.3 Å². The molecular formula is C18H14F3N3O. The number of halogens is 3. The second-order valence-corrected chi connectivity index (χ2v) is 5.66. The molecule has 3 aromatic rings. The van der Waals surface area contributed by atoms with Gasteiger partial charge < -0.3 is 10.3 Å². The van der Waals surface area contributed by atoms with Crippen LogP contribution >= 0.6 is 0 Å². The van der Waals surface area contributed by atoms with Gasteiger partial charge in [0.1, 0.15) is 5.65 Å². The van der Waals surface area contributed by atoms with Crippen molar-refractivity contribution in [3.63, 3.8) is 0 Å². The summed E-state index contributed by atoms with van der Waals surface area (Å²) in [6.07, 6.45) is -1.14. The average molecular weight is 345 g/mol. The van der Waals surface area contributed by atoms with E-state index < -0.39 is 17.6 Å². The van der Waals surface area contributed by atoms with Gasteiger partial charge in [0, 0.05) is 34.6 Å². The number of nitrogens with two attached hydrogens (primary N) is 1. The summed E-state index contributed by atoms with van der Waals surface area (Å²) in [6.45, 7) is 5.48. The molecule has 3 rings (SSSR count). The molecule has 7 heteroatoms. The monoisotopic (exact) mass is 345 g/mol. The summed E-state index contributed by atoms with van der Waals surface area (Å²) < 4.78 is 39.8. The summed E-state index contributed by atoms with van der Waals surface area (Å²) in [5, 5.41) is 0.764. The molecule has 4 nitrogen and oxygen atoms in total. The van der Waals surface area contributed by atoms with Crippen molar-refractivity contribution in [1.29, 1.82) is 0 Å². The van der Waals surface area contributed by atoms with E-state index in [1.807, 2.05) is 6.92 Å². The summed E-state index contributed by atoms with van der Waals surface area (Å²) in [5.41, 5.74) is 7.16. The summed E-state index contributed by atoms with van der Waals surface area (Å²) >= 11 is 0. The van der Waals surface area contributed by atoms with Crippen molar-refractivity contribution in [1.82, 2.24) is 9.55 Å². The van der Waals surface area contributed by atoms with Gasteiger partial charge in [0.25, 0.3) is 0 Å². The predicted molar refractivity (Wildman–Crippen MR) is 89.0 cm³/mol. The SMILES string of the molecule is C=C(C(N)=O)c1cnc2c(c1)c(C)cn2-c1ccc(C(F)(F)F)cc1. The van der Waals surface area contributed by atoms with Crippen molar-refractivity contribution in [2.24, 2.45) is 5.73 Å². The van der Waals surface area contributed by atoms with Crippen molar-refractivity contribution < 1.29 is 18.0 Å². The van der Waals surface area contributed by atoms with E-state index in [1.165, 1.54) is 18.3 Å². The Hall–Kier alpha value is -3.09. The second kappa shape index (κ2) is 5.77. The smallest absolute Gasteiger partial charge is 0.366 e. The Labute approximate surface area is 141 Å². The molecule has 0 radical (unpaired) electrons. The maximum Gasteiger partial charge on any atom is 0.416 e. The quantitative estimate of drug-likeness (QED) is 0.733. The first-order valence-electron chi connectivity index (χ1n) is 7.33. The van der Waals surface area contributed by atoms with Crippen molar-refractivity contribution in [3.05, 3.63) is 66.0 Å². The van der Waals surface area contributed by atoms with E-state index in [4.69, 9.17) is 5.73 Å². The first-order valence-corrected chi connectivity index (χ1v) is 7.33. The third-order valence-electron chi connectivity index (χ3n) is 3.96. The number of rotatable bonds is 3. The predicted octanol–water partition coefficient (Wildman–Crippen LogP) is 3.85. The van der Waals surface area contributed by atoms with Gasteiger partial charge in [-0.05, 0) is 42.8 Å². The maximum atomic E-state index is 12.7. The average Bonchev–Trinajstić information content (AvgIpc) is 2.90. The molecule has 0 fully saturated rings. The van der Waals surface area contributed by atoms with Crippen LogP contribution in [0.5, 0.6) is 0 Å². The molecule has 0 saturated carbocycles. The van der Waals surface area contributed by atoms with Crippen LogP contribution in [0.4, 0.5) is 13.2 Å². The molecule has 0 aliphatic rings. The number of fused-ring (bicyclic) bond motifs is 1. The minimum absolute atomic E-state index is 0.149. The topological polar surface area (TPSA) is 60.9 Å². The number of nitrogens with zero attached hydrogens (tertiary/aromatic N) is 2. The lowest BCUT2D eigenvalue weighted by Gasteiger charge is -2.09. The summed E-state index contributed by atoms with van der Waals surface area (Å²) in [5.74, 6) is -0.638. The van der Waals surface area contributed by atoms with E-state index in [1.54, 1.807) is 16.8 Å². The Morgan fingerprint density at radius 2 is 1.88 bits per heavy atom. The van der Waals surface area contributed by atoms with E-state index in [-0.39, 0.29) is 5.57 Å². The van der Waals surface area contributed by atoms with Gasteiger partial charge in [-0.3, -0.25) is 4.79 Å². The number of hydrogen-bond donors (Lipinski definition) is 1. The van der Waals surface area contributed by atoms with Crippen LogP contribution in [0.2, 0.25) is 0 Å². The first-order chi connectivity index (χ1) is 11.7. The number of amides is 1. The van der Waals surface area contributed by atoms with Crippen molar-refractivity contribution in [3.8, 4) is 5.69 Å². The molecule has 128 valence electrons. The molecule has 2 aromatic heterocycles. The van der Waals surface area contributed by atoms with Crippen LogP contribution < -0.4 is 5.73 Å². The summed E-state index contributed by atoms with van der Waals surface area (Å²) in [6, 6.07) is 6.57. The number of hydrogen-bond acceptors (Lipinski definition) is 2. The van der Waals surface area contributed by atoms with Crippen molar-refractivity contribution in [2.45, 2.75) is 13.1 Å². The highest BCUT2D eigenvalue weighted by Crippen LogP contribution is 2.31. The normalized spacial score (nSPS) is 11.7. The van der Waals surface area contributed by atoms with Crippen LogP contribution in [0.1, 0.15) is 16.7 Å². The van der Waals surface area contributed by atoms with Gasteiger partial charge in [-0.25, -0.2) is 4.98 Å². The number of primary amides is 1. The number of carbonyl (C=O) groups is 1. The fourth-order valence-electron chi connectivity index (χ4n) is 2.58. The molecule has 0 saturated heterocycles. The zero-order valence-electron chi connectivity index (χ0n) is 13.3. The molecule has 1 amide bonds. The second-order valence-electron chi connectivity index (χ2n) is 5.66. The lowest BCUT2D eigenvalue weighted by molar-refractivity contribution is -0.137. The number of alkyl halides is 3. The number of aromatic nitrogens is 2. The van der Waals surface area contributed by atoms with Crippen molar-refractivity contribution in [2.75, 3.05) is 0 Å². The van der Waals surface area contributed by atoms with Gasteiger partial charge in [0.15, 0.2) is 0 Å². The van der Waals surface area contributed by atoms with E-state index in [2.05, 4.69) is 11.6 Å². The number of aryl methyl sites for hydroxylation is 1. The minimum Gasteiger partial charge on any atom is -0.366 e. The summed E-state index contributed by atoms with van der Waals surface area (Å²) in [4.78, 5) is 15.6. The molecule has 1 aromatic carbocycles. The zero-order chi connectivity index (χ0) is 18.4. The molecular weight excluding hydrogens is 331 g/mol. The molecule has 0 atom stereocenters. The standard InChI is InChI=1S/C18H14F3N3O/c1-10-9-24(14-5-3-13(4-6-14)18(19,20)21)17-15(10)7-12(8-23-17)11(2)16(22)25/h3-9H,2H2,1H3,(H2,22,25). The zero-order valence-corrected chi connectivity index (χ0v) is 13.3. The van der Waals surface area contributed by atoms with Gasteiger partial charge in [0.05, 0.1) is 5.56 Å². The highest BCUT2D eigenvalue weighted by molar-refractivity contribution is 6.18. The molecule has 0 aliphatic carbocycles. The Balaban J connectivity index is 2.09. The fraction of sp³-hybridized carbons (Fsp3) is 0.111. The lowest BCUT2D eigenvalue weighted by Crippen LogP contribution is -2.12. The number of carbonyl (C=O) groups excluding carboxylic acids is 1. The molecule has 0 unspecified atom stereocenters. The van der Waals surface area contributed by atoms with Gasteiger partial charge >= 0.3 is 6.18 Å². The molecule has 2 heterocycles. The van der Waals surface area contributed by atoms with Crippen LogP contribution in [0.3, 0.4) is 0 Å². The maximum absolute atomic E-state index is 12.7. The van der Waals surface area contributed by atoms with Gasteiger partial charge in [-0.2, -0.15) is 13.2 Å². The van der Waals surface area contributed by atoms with Crippen LogP contribution in [-0.4, -0.2) is 15.5 Å². The van der Waals surface area contributed by atoms with E-state index in [0.717, 1.165) is 23.1 Å². The summed E-state index contributed by atoms with van der Waals surface area (Å²) in [7, 11) is 0. The Morgan fingerprint density at radius 1 is 1.24 bits per heavy atom. The minimum atomic E-state index is -4.38. The van der Waals surface area contributed by atoms with Crippen LogP contribution in [0.25, 0.3) is 22.3 Å². The lowest BCUT2D eigenvalue weighted by atomic mass is 10.1. The van der Waals surface area contributed by atoms with Gasteiger partial charge in [-0.1, -0.05) is 6.58 Å². The third-order valence-corrected chi connectivity index (χ3v) is 3.96. The van der Waals surface area contributed by atoms with E-state index in [0.29, 0.717) is 16.9 Å². The fourth-order valence-corrected chi connectivity index (χ4v) is 2.58. The highest BCUT2D eigenvalue weighted by Gasteiger charge is 2.30. The molecule has 2 N–H and O–H groups in total. The van der Waals surface area contributed by atoms with Crippen LogP contribution in [-0.2, 0) is 11.0 Å². The Kier molecular flexibility index (Phi) is 3.87. The third kappa shape index (κ3) is 3.00. The molecule has 0 spiro atoms. The number of pyridine rings is 1. The first kappa shape index (κ1) is 16.8. The highest BCUT2D eigenvalue weighted by atomic mass is 19.4. The van der Waals surface area contributed by atoms with E-state index >= 15 is 0 Å². The Bertz CT molecular complexity index is 985. The largest absolute Gasteiger partial charge is 0.416 e.